The van der Waals surface area contributed by atoms with Crippen LogP contribution in [0.3, 0.4) is 0 Å². The Bertz CT molecular complexity index is 704. The van der Waals surface area contributed by atoms with E-state index < -0.39 is 0 Å². The molecule has 0 N–H and O–H groups in total. The first kappa shape index (κ1) is 18.0. The summed E-state index contributed by atoms with van der Waals surface area (Å²) in [5.41, 5.74) is 5.48. The van der Waals surface area contributed by atoms with Crippen LogP contribution in [0.5, 0.6) is 0 Å². The van der Waals surface area contributed by atoms with Crippen molar-refractivity contribution in [2.24, 2.45) is 16.7 Å². The second kappa shape index (κ2) is 6.07. The highest BCUT2D eigenvalue weighted by Crippen LogP contribution is 2.63. The van der Waals surface area contributed by atoms with Gasteiger partial charge in [-0.3, -0.25) is 14.5 Å². The minimum atomic E-state index is -0.0859. The number of nitrogens with zero attached hydrogens (tertiary/aromatic N) is 1. The molecule has 0 aromatic carbocycles. The molecule has 1 saturated carbocycles. The lowest BCUT2D eigenvalue weighted by molar-refractivity contribution is -0.148. The monoisotopic (exact) mass is 355 g/mol. The van der Waals surface area contributed by atoms with Gasteiger partial charge in [-0.1, -0.05) is 36.6 Å². The van der Waals surface area contributed by atoms with Gasteiger partial charge in [0.2, 0.25) is 11.8 Å². The third-order valence-corrected chi connectivity index (χ3v) is 8.31. The summed E-state index contributed by atoms with van der Waals surface area (Å²) in [5.74, 6) is 0.382. The Balaban J connectivity index is 1.73. The van der Waals surface area contributed by atoms with Crippen molar-refractivity contribution >= 4 is 11.8 Å². The number of allylic oxidation sites excluding steroid dienone is 4. The highest BCUT2D eigenvalue weighted by Gasteiger charge is 2.56. The summed E-state index contributed by atoms with van der Waals surface area (Å²) in [6, 6.07) is 0.0765. The molecule has 1 unspecified atom stereocenters. The molecular weight excluding hydrogens is 322 g/mol. The van der Waals surface area contributed by atoms with E-state index in [0.29, 0.717) is 11.3 Å². The van der Waals surface area contributed by atoms with E-state index in [9.17, 15) is 9.59 Å². The van der Waals surface area contributed by atoms with Crippen molar-refractivity contribution in [1.29, 1.82) is 0 Å². The lowest BCUT2D eigenvalue weighted by Gasteiger charge is -2.52. The number of imide groups is 1. The van der Waals surface area contributed by atoms with E-state index in [-0.39, 0.29) is 23.3 Å². The Labute approximate surface area is 157 Å². The molecule has 4 aliphatic rings. The highest BCUT2D eigenvalue weighted by atomic mass is 16.2. The van der Waals surface area contributed by atoms with Crippen molar-refractivity contribution in [3.05, 3.63) is 22.8 Å². The maximum atomic E-state index is 12.2. The number of carbonyl (C=O) groups is 2. The van der Waals surface area contributed by atoms with Gasteiger partial charge in [-0.2, -0.15) is 0 Å². The van der Waals surface area contributed by atoms with Gasteiger partial charge in [0, 0.05) is 25.3 Å². The van der Waals surface area contributed by atoms with Crippen LogP contribution in [0.4, 0.5) is 0 Å². The Morgan fingerprint density at radius 2 is 1.77 bits per heavy atom. The van der Waals surface area contributed by atoms with E-state index in [0.717, 1.165) is 25.7 Å². The van der Waals surface area contributed by atoms with Gasteiger partial charge < -0.3 is 0 Å². The summed E-state index contributed by atoms with van der Waals surface area (Å²) in [6.07, 6.45) is 13.2. The summed E-state index contributed by atoms with van der Waals surface area (Å²) in [6.45, 7) is 7.93. The van der Waals surface area contributed by atoms with Crippen LogP contribution in [-0.4, -0.2) is 22.8 Å². The molecule has 0 saturated heterocycles. The van der Waals surface area contributed by atoms with Gasteiger partial charge in [-0.25, -0.2) is 0 Å². The van der Waals surface area contributed by atoms with Crippen LogP contribution >= 0.6 is 0 Å². The van der Waals surface area contributed by atoms with Crippen molar-refractivity contribution in [2.45, 2.75) is 91.5 Å². The van der Waals surface area contributed by atoms with Crippen molar-refractivity contribution in [2.75, 3.05) is 0 Å². The maximum absolute atomic E-state index is 12.2. The van der Waals surface area contributed by atoms with Crippen molar-refractivity contribution in [3.8, 4) is 0 Å². The quantitative estimate of drug-likeness (QED) is 0.609. The third-order valence-electron chi connectivity index (χ3n) is 8.31. The third kappa shape index (κ3) is 2.38. The predicted octanol–water partition coefficient (Wildman–Crippen LogP) is 5.17. The normalized spacial score (nSPS) is 38.8. The number of fused-ring (bicyclic) bond motifs is 4. The van der Waals surface area contributed by atoms with Gasteiger partial charge >= 0.3 is 0 Å². The summed E-state index contributed by atoms with van der Waals surface area (Å²) in [5, 5.41) is 0. The zero-order chi connectivity index (χ0) is 18.7. The molecule has 0 aromatic rings. The van der Waals surface area contributed by atoms with Crippen molar-refractivity contribution in [3.63, 3.8) is 0 Å². The smallest absolute Gasteiger partial charge is 0.226 e. The molecule has 3 heteroatoms. The largest absolute Gasteiger partial charge is 0.279 e. The number of carbonyl (C=O) groups excluding carboxylic acids is 2. The molecule has 0 heterocycles. The standard InChI is InChI=1S/C23H33NO2/c1-15(25)24(16(2)26)21-11-10-19-18-9-8-17-7-5-6-13-22(17,3)20(18)12-14-23(19,21)4/h7,19,21H,5-6,8-14H2,1-4H3/t19-,21?,22-,23-/m0/s1. The van der Waals surface area contributed by atoms with Gasteiger partial charge in [0.1, 0.15) is 0 Å². The topological polar surface area (TPSA) is 37.4 Å². The second-order valence-electron chi connectivity index (χ2n) is 9.52. The van der Waals surface area contributed by atoms with Crippen LogP contribution in [0.2, 0.25) is 0 Å². The van der Waals surface area contributed by atoms with Crippen LogP contribution in [0.1, 0.15) is 85.5 Å². The van der Waals surface area contributed by atoms with E-state index in [1.165, 1.54) is 32.1 Å². The van der Waals surface area contributed by atoms with Crippen LogP contribution in [0.25, 0.3) is 0 Å². The average Bonchev–Trinajstić information content (AvgIpc) is 2.91. The van der Waals surface area contributed by atoms with E-state index in [4.69, 9.17) is 0 Å². The van der Waals surface area contributed by atoms with E-state index in [1.807, 2.05) is 0 Å². The van der Waals surface area contributed by atoms with E-state index in [2.05, 4.69) is 19.9 Å². The van der Waals surface area contributed by atoms with Gasteiger partial charge in [-0.15, -0.1) is 0 Å². The predicted molar refractivity (Wildman–Crippen MR) is 103 cm³/mol. The lowest BCUT2D eigenvalue weighted by Crippen LogP contribution is -2.51. The number of hydrogen-bond donors (Lipinski definition) is 0. The first-order chi connectivity index (χ1) is 12.3. The molecule has 0 aliphatic heterocycles. The molecule has 4 aliphatic carbocycles. The minimum Gasteiger partial charge on any atom is -0.279 e. The molecule has 3 nitrogen and oxygen atoms in total. The SMILES string of the molecule is CC(=O)N(C(C)=O)C1CC[C@H]2C3=C(CC[C@]12C)[C@@]1(C)CCCC=C1CC3. The van der Waals surface area contributed by atoms with Crippen molar-refractivity contribution < 1.29 is 9.59 Å². The number of amides is 2. The van der Waals surface area contributed by atoms with Crippen LogP contribution < -0.4 is 0 Å². The van der Waals surface area contributed by atoms with E-state index in [1.54, 1.807) is 35.5 Å². The minimum absolute atomic E-state index is 0.0580. The summed E-state index contributed by atoms with van der Waals surface area (Å²) in [4.78, 5) is 26.0. The Morgan fingerprint density at radius 1 is 1.04 bits per heavy atom. The summed E-state index contributed by atoms with van der Waals surface area (Å²) in [7, 11) is 0. The highest BCUT2D eigenvalue weighted by molar-refractivity contribution is 5.93. The molecule has 1 fully saturated rings. The van der Waals surface area contributed by atoms with Crippen molar-refractivity contribution in [1.82, 2.24) is 4.90 Å². The number of hydrogen-bond acceptors (Lipinski definition) is 2. The molecular formula is C23H33NO2. The zero-order valence-electron chi connectivity index (χ0n) is 16.9. The maximum Gasteiger partial charge on any atom is 0.226 e. The zero-order valence-corrected chi connectivity index (χ0v) is 16.9. The Kier molecular flexibility index (Phi) is 4.20. The van der Waals surface area contributed by atoms with Gasteiger partial charge in [-0.05, 0) is 69.1 Å². The summed E-state index contributed by atoms with van der Waals surface area (Å²) >= 11 is 0. The first-order valence-electron chi connectivity index (χ1n) is 10.5. The average molecular weight is 356 g/mol. The summed E-state index contributed by atoms with van der Waals surface area (Å²) < 4.78 is 0. The fourth-order valence-corrected chi connectivity index (χ4v) is 7.04. The van der Waals surface area contributed by atoms with E-state index >= 15 is 0 Å². The molecule has 0 bridgehead atoms. The van der Waals surface area contributed by atoms with Crippen LogP contribution in [0.15, 0.2) is 22.8 Å². The molecule has 4 rings (SSSR count). The van der Waals surface area contributed by atoms with Gasteiger partial charge in [0.15, 0.2) is 0 Å². The second-order valence-corrected chi connectivity index (χ2v) is 9.52. The Morgan fingerprint density at radius 3 is 2.46 bits per heavy atom. The first-order valence-corrected chi connectivity index (χ1v) is 10.5. The molecule has 142 valence electrons. The van der Waals surface area contributed by atoms with Crippen LogP contribution in [-0.2, 0) is 9.59 Å². The van der Waals surface area contributed by atoms with Gasteiger partial charge in [0.05, 0.1) is 0 Å². The fourth-order valence-electron chi connectivity index (χ4n) is 7.04. The molecule has 0 spiro atoms. The molecule has 26 heavy (non-hydrogen) atoms. The Hall–Kier alpha value is -1.38. The molecule has 2 amide bonds. The van der Waals surface area contributed by atoms with Crippen LogP contribution in [0, 0.1) is 16.7 Å². The lowest BCUT2D eigenvalue weighted by atomic mass is 9.54. The number of rotatable bonds is 1. The molecule has 0 aromatic heterocycles. The fraction of sp³-hybridized carbons (Fsp3) is 0.739. The van der Waals surface area contributed by atoms with Gasteiger partial charge in [0.25, 0.3) is 0 Å². The molecule has 4 atom stereocenters. The molecule has 0 radical (unpaired) electrons.